The van der Waals surface area contributed by atoms with Crippen LogP contribution >= 0.6 is 39.9 Å². The van der Waals surface area contributed by atoms with E-state index in [4.69, 9.17) is 26.4 Å². The number of fused-ring (bicyclic) bond motifs is 1. The molecular formula is C27H24BrN5O6S2. The zero-order chi connectivity index (χ0) is 29.5. The van der Waals surface area contributed by atoms with E-state index in [9.17, 15) is 14.4 Å². The molecular weight excluding hydrogens is 634 g/mol. The van der Waals surface area contributed by atoms with Crippen LogP contribution in [0.15, 0.2) is 75.1 Å². The van der Waals surface area contributed by atoms with Crippen LogP contribution in [0, 0.1) is 0 Å². The van der Waals surface area contributed by atoms with Crippen molar-refractivity contribution in [1.29, 1.82) is 0 Å². The molecule has 3 N–H and O–H groups in total. The van der Waals surface area contributed by atoms with Crippen molar-refractivity contribution in [3.63, 3.8) is 0 Å². The molecule has 4 aromatic rings. The summed E-state index contributed by atoms with van der Waals surface area (Å²) in [4.78, 5) is 43.3. The summed E-state index contributed by atoms with van der Waals surface area (Å²) in [5.41, 5.74) is 5.87. The Morgan fingerprint density at radius 1 is 0.951 bits per heavy atom. The summed E-state index contributed by atoms with van der Waals surface area (Å²) in [5.74, 6) is 0.370. The fourth-order valence-corrected chi connectivity index (χ4v) is 4.87. The van der Waals surface area contributed by atoms with Crippen LogP contribution in [0.25, 0.3) is 16.6 Å². The average Bonchev–Trinajstić information content (AvgIpc) is 2.98. The van der Waals surface area contributed by atoms with Crippen molar-refractivity contribution < 1.29 is 23.8 Å². The van der Waals surface area contributed by atoms with Crippen LogP contribution in [0.1, 0.15) is 10.4 Å². The number of carbonyl (C=O) groups excluding carboxylic acids is 2. The number of carbonyl (C=O) groups is 2. The molecule has 212 valence electrons. The Kier molecular flexibility index (Phi) is 9.81. The first-order valence-corrected chi connectivity index (χ1v) is 14.0. The topological polar surface area (TPSA) is 133 Å². The van der Waals surface area contributed by atoms with Gasteiger partial charge in [0, 0.05) is 16.1 Å². The number of benzene rings is 3. The van der Waals surface area contributed by atoms with Crippen molar-refractivity contribution >= 4 is 67.7 Å². The van der Waals surface area contributed by atoms with Gasteiger partial charge in [-0.25, -0.2) is 4.98 Å². The van der Waals surface area contributed by atoms with Gasteiger partial charge in [-0.15, -0.1) is 0 Å². The molecule has 0 unspecified atom stereocenters. The third kappa shape index (κ3) is 7.14. The first kappa shape index (κ1) is 29.8. The molecule has 0 atom stereocenters. The summed E-state index contributed by atoms with van der Waals surface area (Å²) in [6.45, 7) is 0. The number of nitrogens with zero attached hydrogens (tertiary/aromatic N) is 2. The highest BCUT2D eigenvalue weighted by molar-refractivity contribution is 9.10. The van der Waals surface area contributed by atoms with Crippen LogP contribution in [0.5, 0.6) is 17.2 Å². The van der Waals surface area contributed by atoms with Crippen molar-refractivity contribution in [3.05, 3.63) is 81.1 Å². The van der Waals surface area contributed by atoms with Gasteiger partial charge in [-0.1, -0.05) is 27.7 Å². The maximum absolute atomic E-state index is 13.7. The molecule has 14 heteroatoms. The number of nitrogens with one attached hydrogen (secondary N) is 3. The summed E-state index contributed by atoms with van der Waals surface area (Å²) in [6.07, 6.45) is 0. The fourth-order valence-electron chi connectivity index (χ4n) is 3.65. The lowest BCUT2D eigenvalue weighted by molar-refractivity contribution is -0.119. The minimum absolute atomic E-state index is 0.0868. The molecule has 4 rings (SSSR count). The van der Waals surface area contributed by atoms with E-state index in [1.54, 1.807) is 67.8 Å². The van der Waals surface area contributed by atoms with Crippen LogP contribution in [0.2, 0.25) is 0 Å². The highest BCUT2D eigenvalue weighted by atomic mass is 79.9. The standard InChI is InChI=1S/C27H24BrN5O6S2/c1-37-18-10-8-17(9-11-18)33-25(36)19-12-21(38-2)22(39-3)13-20(19)29-27(33)41-14-23(34)31-32-26(40)30-24(35)15-4-6-16(28)7-5-15/h4-13H,14H2,1-3H3,(H,31,34)(H2,30,32,35,40). The van der Waals surface area contributed by atoms with Crippen LogP contribution in [-0.2, 0) is 4.79 Å². The molecule has 2 amide bonds. The summed E-state index contributed by atoms with van der Waals surface area (Å²) >= 11 is 9.46. The van der Waals surface area contributed by atoms with Crippen molar-refractivity contribution in [3.8, 4) is 22.9 Å². The zero-order valence-corrected chi connectivity index (χ0v) is 25.2. The highest BCUT2D eigenvalue weighted by Gasteiger charge is 2.18. The number of halogens is 1. The van der Waals surface area contributed by atoms with Gasteiger partial charge in [-0.3, -0.25) is 35.1 Å². The molecule has 11 nitrogen and oxygen atoms in total. The summed E-state index contributed by atoms with van der Waals surface area (Å²) in [5, 5.41) is 2.97. The van der Waals surface area contributed by atoms with E-state index < -0.39 is 11.8 Å². The minimum atomic E-state index is -0.474. The van der Waals surface area contributed by atoms with E-state index in [-0.39, 0.29) is 21.6 Å². The van der Waals surface area contributed by atoms with Gasteiger partial charge in [-0.2, -0.15) is 0 Å². The maximum atomic E-state index is 13.7. The van der Waals surface area contributed by atoms with E-state index in [1.165, 1.54) is 18.8 Å². The van der Waals surface area contributed by atoms with E-state index >= 15 is 0 Å². The molecule has 0 aliphatic rings. The summed E-state index contributed by atoms with van der Waals surface area (Å²) in [6, 6.07) is 16.7. The number of hydrogen-bond acceptors (Lipinski definition) is 9. The third-order valence-corrected chi connectivity index (χ3v) is 7.33. The molecule has 0 saturated carbocycles. The number of thiocarbonyl (C=S) groups is 1. The molecule has 0 radical (unpaired) electrons. The second-order valence-corrected chi connectivity index (χ2v) is 10.5. The van der Waals surface area contributed by atoms with Gasteiger partial charge >= 0.3 is 0 Å². The molecule has 0 bridgehead atoms. The first-order valence-electron chi connectivity index (χ1n) is 11.9. The maximum Gasteiger partial charge on any atom is 0.266 e. The number of methoxy groups -OCH3 is 3. The monoisotopic (exact) mass is 657 g/mol. The number of hydrogen-bond donors (Lipinski definition) is 3. The largest absolute Gasteiger partial charge is 0.497 e. The van der Waals surface area contributed by atoms with Crippen molar-refractivity contribution in [2.75, 3.05) is 27.1 Å². The first-order chi connectivity index (χ1) is 19.7. The Labute approximate surface area is 252 Å². The lowest BCUT2D eigenvalue weighted by atomic mass is 10.2. The number of amides is 2. The predicted molar refractivity (Wildman–Crippen MR) is 163 cm³/mol. The van der Waals surface area contributed by atoms with Crippen LogP contribution in [0.3, 0.4) is 0 Å². The van der Waals surface area contributed by atoms with Gasteiger partial charge in [0.2, 0.25) is 5.91 Å². The van der Waals surface area contributed by atoms with E-state index in [2.05, 4.69) is 37.1 Å². The molecule has 0 aliphatic heterocycles. The Morgan fingerprint density at radius 3 is 2.24 bits per heavy atom. The Bertz CT molecular complexity index is 1660. The van der Waals surface area contributed by atoms with Crippen LogP contribution in [0.4, 0.5) is 0 Å². The van der Waals surface area contributed by atoms with Gasteiger partial charge in [0.1, 0.15) is 5.75 Å². The van der Waals surface area contributed by atoms with E-state index in [0.29, 0.717) is 39.4 Å². The molecule has 0 saturated heterocycles. The van der Waals surface area contributed by atoms with Crippen molar-refractivity contribution in [2.45, 2.75) is 5.16 Å². The number of hydrazine groups is 1. The fraction of sp³-hybridized carbons (Fsp3) is 0.148. The number of rotatable bonds is 8. The molecule has 41 heavy (non-hydrogen) atoms. The lowest BCUT2D eigenvalue weighted by Crippen LogP contribution is -2.49. The van der Waals surface area contributed by atoms with E-state index in [0.717, 1.165) is 16.2 Å². The Balaban J connectivity index is 1.53. The van der Waals surface area contributed by atoms with Crippen molar-refractivity contribution in [1.82, 2.24) is 25.7 Å². The number of ether oxygens (including phenoxy) is 3. The second kappa shape index (κ2) is 13.5. The van der Waals surface area contributed by atoms with Gasteiger partial charge in [0.25, 0.3) is 11.5 Å². The van der Waals surface area contributed by atoms with Crippen LogP contribution < -0.4 is 35.9 Å². The summed E-state index contributed by atoms with van der Waals surface area (Å²) < 4.78 is 18.2. The van der Waals surface area contributed by atoms with Crippen molar-refractivity contribution in [2.24, 2.45) is 0 Å². The predicted octanol–water partition coefficient (Wildman–Crippen LogP) is 3.60. The van der Waals surface area contributed by atoms with Gasteiger partial charge in [0.05, 0.1) is 43.7 Å². The second-order valence-electron chi connectivity index (χ2n) is 8.21. The summed E-state index contributed by atoms with van der Waals surface area (Å²) in [7, 11) is 4.51. The van der Waals surface area contributed by atoms with Gasteiger partial charge < -0.3 is 14.2 Å². The third-order valence-electron chi connectivity index (χ3n) is 5.65. The smallest absolute Gasteiger partial charge is 0.266 e. The van der Waals surface area contributed by atoms with Gasteiger partial charge in [-0.05, 0) is 66.8 Å². The molecule has 1 heterocycles. The SMILES string of the molecule is COc1ccc(-n2c(SCC(=O)NNC(=S)NC(=O)c3ccc(Br)cc3)nc3cc(OC)c(OC)cc3c2=O)cc1. The molecule has 0 spiro atoms. The molecule has 0 fully saturated rings. The quantitative estimate of drug-likeness (QED) is 0.112. The lowest BCUT2D eigenvalue weighted by Gasteiger charge is -2.15. The molecule has 1 aromatic heterocycles. The average molecular weight is 659 g/mol. The van der Waals surface area contributed by atoms with E-state index in [1.807, 2.05) is 0 Å². The minimum Gasteiger partial charge on any atom is -0.497 e. The molecule has 3 aromatic carbocycles. The molecule has 0 aliphatic carbocycles. The van der Waals surface area contributed by atoms with Gasteiger partial charge in [0.15, 0.2) is 21.8 Å². The number of aromatic nitrogens is 2. The normalized spacial score (nSPS) is 10.5. The van der Waals surface area contributed by atoms with Crippen LogP contribution in [-0.4, -0.2) is 53.6 Å². The Hall–Kier alpha value is -4.14. The Morgan fingerprint density at radius 2 is 1.61 bits per heavy atom. The number of thioether (sulfide) groups is 1. The zero-order valence-electron chi connectivity index (χ0n) is 22.0. The highest BCUT2D eigenvalue weighted by Crippen LogP contribution is 2.31.